The number of carbonyl (C=O) groups is 4. The molecule has 8 heteroatoms. The molecule has 0 radical (unpaired) electrons. The van der Waals surface area contributed by atoms with Crippen molar-refractivity contribution in [1.29, 1.82) is 0 Å². The number of benzene rings is 3. The van der Waals surface area contributed by atoms with Crippen molar-refractivity contribution in [2.75, 3.05) is 16.8 Å². The molecule has 8 nitrogen and oxygen atoms in total. The first kappa shape index (κ1) is 22.5. The zero-order valence-corrected chi connectivity index (χ0v) is 18.3. The smallest absolute Gasteiger partial charge is 0.335 e. The van der Waals surface area contributed by atoms with Crippen molar-refractivity contribution in [2.24, 2.45) is 0 Å². The van der Waals surface area contributed by atoms with Gasteiger partial charge in [0.2, 0.25) is 0 Å². The van der Waals surface area contributed by atoms with E-state index in [1.807, 2.05) is 25.1 Å². The lowest BCUT2D eigenvalue weighted by atomic mass is 10.1. The Labute approximate surface area is 195 Å². The number of rotatable bonds is 6. The molecule has 0 saturated carbocycles. The Morgan fingerprint density at radius 3 is 2.29 bits per heavy atom. The van der Waals surface area contributed by atoms with Crippen LogP contribution < -0.4 is 20.3 Å². The summed E-state index contributed by atoms with van der Waals surface area (Å²) in [4.78, 5) is 50.5. The van der Waals surface area contributed by atoms with Crippen molar-refractivity contribution in [2.45, 2.75) is 6.92 Å². The van der Waals surface area contributed by atoms with Crippen LogP contribution in [0.3, 0.4) is 0 Å². The number of carbonyl (C=O) groups excluding carboxylic acids is 4. The van der Waals surface area contributed by atoms with Gasteiger partial charge in [-0.05, 0) is 55.0 Å². The van der Waals surface area contributed by atoms with E-state index in [1.165, 1.54) is 6.08 Å². The van der Waals surface area contributed by atoms with Gasteiger partial charge in [-0.2, -0.15) is 0 Å². The highest BCUT2D eigenvalue weighted by molar-refractivity contribution is 6.39. The van der Waals surface area contributed by atoms with E-state index < -0.39 is 17.8 Å². The van der Waals surface area contributed by atoms with E-state index in [4.69, 9.17) is 4.74 Å². The van der Waals surface area contributed by atoms with Crippen LogP contribution in [0.1, 0.15) is 11.1 Å². The lowest BCUT2D eigenvalue weighted by Crippen LogP contribution is -2.54. The summed E-state index contributed by atoms with van der Waals surface area (Å²) in [6.07, 6.45) is 1.40. The first-order chi connectivity index (χ1) is 16.4. The predicted molar refractivity (Wildman–Crippen MR) is 127 cm³/mol. The van der Waals surface area contributed by atoms with Crippen LogP contribution in [-0.4, -0.2) is 30.4 Å². The van der Waals surface area contributed by atoms with Crippen molar-refractivity contribution >= 4 is 41.2 Å². The van der Waals surface area contributed by atoms with Gasteiger partial charge in [-0.15, -0.1) is 0 Å². The average molecular weight is 455 g/mol. The summed E-state index contributed by atoms with van der Waals surface area (Å²) in [6, 6.07) is 21.6. The van der Waals surface area contributed by atoms with Crippen molar-refractivity contribution in [3.05, 3.63) is 95.6 Å². The second-order valence-electron chi connectivity index (χ2n) is 7.57. The van der Waals surface area contributed by atoms with Crippen LogP contribution in [0.2, 0.25) is 0 Å². The van der Waals surface area contributed by atoms with E-state index in [9.17, 15) is 19.2 Å². The minimum absolute atomic E-state index is 0.170. The highest BCUT2D eigenvalue weighted by Gasteiger charge is 2.36. The number of urea groups is 1. The molecule has 170 valence electrons. The van der Waals surface area contributed by atoms with E-state index in [1.54, 1.807) is 60.7 Å². The summed E-state index contributed by atoms with van der Waals surface area (Å²) < 4.78 is 5.49. The predicted octanol–water partition coefficient (Wildman–Crippen LogP) is 3.68. The second kappa shape index (κ2) is 9.83. The molecule has 0 spiro atoms. The fourth-order valence-corrected chi connectivity index (χ4v) is 3.28. The second-order valence-corrected chi connectivity index (χ2v) is 7.57. The van der Waals surface area contributed by atoms with Crippen molar-refractivity contribution < 1.29 is 23.9 Å². The van der Waals surface area contributed by atoms with Gasteiger partial charge < -0.3 is 10.1 Å². The number of ether oxygens (including phenoxy) is 1. The third-order valence-electron chi connectivity index (χ3n) is 5.01. The molecule has 1 saturated heterocycles. The number of aryl methyl sites for hydroxylation is 1. The van der Waals surface area contributed by atoms with Gasteiger partial charge in [0.15, 0.2) is 6.61 Å². The number of barbiturate groups is 1. The number of hydrogen-bond acceptors (Lipinski definition) is 5. The first-order valence-electron chi connectivity index (χ1n) is 10.5. The average Bonchev–Trinajstić information content (AvgIpc) is 2.83. The standard InChI is InChI=1S/C26H21N3O5/c1-17-7-11-20(12-8-17)29-25(32)22(24(31)28-26(29)33)15-18-9-13-21(14-10-18)34-16-23(30)27-19-5-3-2-4-6-19/h2-15H,16H2,1H3,(H,27,30)(H,28,31,33)/b22-15+. The molecule has 1 aliphatic rings. The molecule has 3 aromatic carbocycles. The van der Waals surface area contributed by atoms with E-state index in [-0.39, 0.29) is 18.1 Å². The van der Waals surface area contributed by atoms with Gasteiger partial charge in [0.05, 0.1) is 5.69 Å². The third kappa shape index (κ3) is 5.18. The Morgan fingerprint density at radius 2 is 1.62 bits per heavy atom. The zero-order valence-electron chi connectivity index (χ0n) is 18.3. The molecule has 1 fully saturated rings. The van der Waals surface area contributed by atoms with Gasteiger partial charge >= 0.3 is 6.03 Å². The van der Waals surface area contributed by atoms with Crippen LogP contribution in [0.25, 0.3) is 6.08 Å². The van der Waals surface area contributed by atoms with Crippen LogP contribution >= 0.6 is 0 Å². The maximum absolute atomic E-state index is 12.9. The topological polar surface area (TPSA) is 105 Å². The summed E-state index contributed by atoms with van der Waals surface area (Å²) in [5, 5.41) is 4.92. The Morgan fingerprint density at radius 1 is 0.941 bits per heavy atom. The molecular weight excluding hydrogens is 434 g/mol. The molecule has 0 bridgehead atoms. The molecule has 0 aliphatic carbocycles. The Bertz CT molecular complexity index is 1270. The fraction of sp³-hybridized carbons (Fsp3) is 0.0769. The highest BCUT2D eigenvalue weighted by Crippen LogP contribution is 2.23. The molecule has 3 aromatic rings. The maximum Gasteiger partial charge on any atom is 0.335 e. The summed E-state index contributed by atoms with van der Waals surface area (Å²) in [7, 11) is 0. The van der Waals surface area contributed by atoms with Crippen molar-refractivity contribution in [3.8, 4) is 5.75 Å². The third-order valence-corrected chi connectivity index (χ3v) is 5.01. The van der Waals surface area contributed by atoms with Crippen LogP contribution in [-0.2, 0) is 14.4 Å². The summed E-state index contributed by atoms with van der Waals surface area (Å²) in [6.45, 7) is 1.71. The minimum atomic E-state index is -0.798. The monoisotopic (exact) mass is 455 g/mol. The largest absolute Gasteiger partial charge is 0.484 e. The molecule has 4 rings (SSSR count). The molecular formula is C26H21N3O5. The van der Waals surface area contributed by atoms with Crippen molar-refractivity contribution in [1.82, 2.24) is 5.32 Å². The fourth-order valence-electron chi connectivity index (χ4n) is 3.28. The molecule has 1 aliphatic heterocycles. The molecule has 2 N–H and O–H groups in total. The van der Waals surface area contributed by atoms with Gasteiger partial charge in [0, 0.05) is 5.69 Å². The van der Waals surface area contributed by atoms with Gasteiger partial charge in [-0.1, -0.05) is 48.0 Å². The van der Waals surface area contributed by atoms with Gasteiger partial charge in [0.25, 0.3) is 17.7 Å². The summed E-state index contributed by atoms with van der Waals surface area (Å²) >= 11 is 0. The number of anilines is 2. The Hall–Kier alpha value is -4.72. The van der Waals surface area contributed by atoms with Crippen LogP contribution in [0.5, 0.6) is 5.75 Å². The molecule has 0 unspecified atom stereocenters. The normalized spacial score (nSPS) is 14.7. The molecule has 5 amide bonds. The van der Waals surface area contributed by atoms with Crippen LogP contribution in [0.15, 0.2) is 84.4 Å². The van der Waals surface area contributed by atoms with E-state index in [0.29, 0.717) is 22.7 Å². The van der Waals surface area contributed by atoms with E-state index in [0.717, 1.165) is 10.5 Å². The number of hydrogen-bond donors (Lipinski definition) is 2. The molecule has 0 atom stereocenters. The first-order valence-corrected chi connectivity index (χ1v) is 10.5. The zero-order chi connectivity index (χ0) is 24.1. The Kier molecular flexibility index (Phi) is 6.49. The molecule has 1 heterocycles. The van der Waals surface area contributed by atoms with E-state index in [2.05, 4.69) is 10.6 Å². The molecule has 0 aromatic heterocycles. The quantitative estimate of drug-likeness (QED) is 0.436. The maximum atomic E-state index is 12.9. The highest BCUT2D eigenvalue weighted by atomic mass is 16.5. The minimum Gasteiger partial charge on any atom is -0.484 e. The van der Waals surface area contributed by atoms with Gasteiger partial charge in [0.1, 0.15) is 11.3 Å². The number of imide groups is 2. The summed E-state index contributed by atoms with van der Waals surface area (Å²) in [5.74, 6) is -1.34. The van der Waals surface area contributed by atoms with Gasteiger partial charge in [-0.25, -0.2) is 9.69 Å². The van der Waals surface area contributed by atoms with Crippen molar-refractivity contribution in [3.63, 3.8) is 0 Å². The number of nitrogens with zero attached hydrogens (tertiary/aromatic N) is 1. The number of para-hydroxylation sites is 1. The SMILES string of the molecule is Cc1ccc(N2C(=O)NC(=O)/C(=C\c3ccc(OCC(=O)Nc4ccccc4)cc3)C2=O)cc1. The number of amides is 5. The lowest BCUT2D eigenvalue weighted by molar-refractivity contribution is -0.122. The van der Waals surface area contributed by atoms with Crippen LogP contribution in [0.4, 0.5) is 16.2 Å². The number of nitrogens with one attached hydrogen (secondary N) is 2. The summed E-state index contributed by atoms with van der Waals surface area (Å²) in [5.41, 5.74) is 2.39. The Balaban J connectivity index is 1.44. The van der Waals surface area contributed by atoms with E-state index >= 15 is 0 Å². The van der Waals surface area contributed by atoms with Gasteiger partial charge in [-0.3, -0.25) is 19.7 Å². The lowest BCUT2D eigenvalue weighted by Gasteiger charge is -2.26. The molecule has 34 heavy (non-hydrogen) atoms. The van der Waals surface area contributed by atoms with Crippen LogP contribution in [0, 0.1) is 6.92 Å².